The third kappa shape index (κ3) is 5.05. The number of amides is 1. The van der Waals surface area contributed by atoms with Crippen molar-refractivity contribution in [2.75, 3.05) is 52.4 Å². The lowest BCUT2D eigenvalue weighted by Gasteiger charge is -2.15. The molecule has 0 atom stereocenters. The van der Waals surface area contributed by atoms with E-state index >= 15 is 0 Å². The minimum absolute atomic E-state index is 0.0476. The van der Waals surface area contributed by atoms with Crippen molar-refractivity contribution in [1.29, 1.82) is 0 Å². The Labute approximate surface area is 208 Å². The van der Waals surface area contributed by atoms with E-state index in [0.29, 0.717) is 18.3 Å². The van der Waals surface area contributed by atoms with Gasteiger partial charge >= 0.3 is 0 Å². The summed E-state index contributed by atoms with van der Waals surface area (Å²) >= 11 is 0. The molecule has 0 bridgehead atoms. The molecule has 10 nitrogen and oxygen atoms in total. The fourth-order valence-corrected chi connectivity index (χ4v) is 5.09. The SMILES string of the molecule is O=C(NCCN1CCCC1)c1ccc(=O)c2nc3c(=CNCCN4CCCC4)c(O)cc(=O)c3[nH]c12. The lowest BCUT2D eigenvalue weighted by molar-refractivity contribution is 0.0951. The van der Waals surface area contributed by atoms with Gasteiger partial charge in [0.2, 0.25) is 10.9 Å². The van der Waals surface area contributed by atoms with Crippen LogP contribution in [-0.2, 0) is 0 Å². The smallest absolute Gasteiger partial charge is 0.253 e. The van der Waals surface area contributed by atoms with E-state index in [1.165, 1.54) is 37.8 Å². The zero-order chi connectivity index (χ0) is 25.1. The van der Waals surface area contributed by atoms with Crippen LogP contribution in [0.3, 0.4) is 0 Å². The summed E-state index contributed by atoms with van der Waals surface area (Å²) in [6, 6.07) is 3.89. The highest BCUT2D eigenvalue weighted by Gasteiger charge is 2.18. The normalized spacial score (nSPS) is 17.4. The van der Waals surface area contributed by atoms with Crippen LogP contribution in [0.15, 0.2) is 27.8 Å². The summed E-state index contributed by atoms with van der Waals surface area (Å²) in [5.41, 5.74) is -0.0178. The quantitative estimate of drug-likeness (QED) is 0.258. The number of phenolic OH excluding ortho intramolecular Hbond substituents is 1. The molecule has 0 saturated carbocycles. The van der Waals surface area contributed by atoms with Crippen LogP contribution < -0.4 is 26.7 Å². The molecule has 4 N–H and O–H groups in total. The molecule has 1 amide bonds. The van der Waals surface area contributed by atoms with Gasteiger partial charge in [0, 0.05) is 38.4 Å². The van der Waals surface area contributed by atoms with Gasteiger partial charge in [-0.1, -0.05) is 0 Å². The second-order valence-corrected chi connectivity index (χ2v) is 9.55. The molecule has 0 unspecified atom stereocenters. The largest absolute Gasteiger partial charge is 0.507 e. The third-order valence-electron chi connectivity index (χ3n) is 7.07. The Hall–Kier alpha value is -3.50. The summed E-state index contributed by atoms with van der Waals surface area (Å²) in [7, 11) is 0. The first-order valence-electron chi connectivity index (χ1n) is 12.7. The number of hydrogen-bond donors (Lipinski definition) is 4. The molecular weight excluding hydrogens is 460 g/mol. The van der Waals surface area contributed by atoms with Crippen molar-refractivity contribution in [3.63, 3.8) is 0 Å². The molecule has 190 valence electrons. The molecule has 2 aliphatic rings. The molecule has 10 heteroatoms. The monoisotopic (exact) mass is 492 g/mol. The van der Waals surface area contributed by atoms with Gasteiger partial charge in [0.15, 0.2) is 0 Å². The van der Waals surface area contributed by atoms with Gasteiger partial charge in [-0.25, -0.2) is 4.98 Å². The number of likely N-dealkylation sites (tertiary alicyclic amines) is 2. The van der Waals surface area contributed by atoms with E-state index in [9.17, 15) is 19.5 Å². The first kappa shape index (κ1) is 24.2. The summed E-state index contributed by atoms with van der Waals surface area (Å²) in [5.74, 6) is -0.553. The number of fused-ring (bicyclic) bond motifs is 2. The number of carbonyl (C=O) groups is 1. The Bertz CT molecular complexity index is 1440. The Morgan fingerprint density at radius 1 is 0.944 bits per heavy atom. The van der Waals surface area contributed by atoms with Gasteiger partial charge in [0.1, 0.15) is 22.3 Å². The minimum Gasteiger partial charge on any atom is -0.507 e. The standard InChI is InChI=1S/C26H32N6O4/c33-19-6-5-17(26(36)28-8-14-32-11-3-4-12-32)22-24(19)30-23-18(20(34)15-21(35)25(23)29-22)16-27-7-13-31-9-1-2-10-31/h5-6,15-16,27,29,34H,1-4,7-14H2,(H,28,36). The number of nitrogens with zero attached hydrogens (tertiary/aromatic N) is 3. The minimum atomic E-state index is -0.470. The number of benzene rings is 2. The molecule has 0 spiro atoms. The highest BCUT2D eigenvalue weighted by Crippen LogP contribution is 2.15. The molecule has 1 aromatic heterocycles. The molecule has 2 saturated heterocycles. The van der Waals surface area contributed by atoms with Gasteiger partial charge in [-0.05, 0) is 64.0 Å². The first-order chi connectivity index (χ1) is 17.5. The number of rotatable bonds is 8. The zero-order valence-electron chi connectivity index (χ0n) is 20.3. The zero-order valence-corrected chi connectivity index (χ0v) is 20.3. The fraction of sp³-hybridized carbons (Fsp3) is 0.462. The molecule has 2 aromatic carbocycles. The van der Waals surface area contributed by atoms with E-state index in [2.05, 4.69) is 30.4 Å². The second kappa shape index (κ2) is 10.6. The number of aromatic amines is 1. The second-order valence-electron chi connectivity index (χ2n) is 9.55. The van der Waals surface area contributed by atoms with Crippen molar-refractivity contribution < 1.29 is 9.90 Å². The summed E-state index contributed by atoms with van der Waals surface area (Å²) in [6.07, 6.45) is 6.40. The maximum Gasteiger partial charge on any atom is 0.253 e. The lowest BCUT2D eigenvalue weighted by Crippen LogP contribution is -2.33. The van der Waals surface area contributed by atoms with E-state index in [0.717, 1.165) is 45.3 Å². The maximum absolute atomic E-state index is 13.0. The fourth-order valence-electron chi connectivity index (χ4n) is 5.09. The Morgan fingerprint density at radius 3 is 2.31 bits per heavy atom. The van der Waals surface area contributed by atoms with E-state index in [1.807, 2.05) is 0 Å². The molecular formula is C26H32N6O4. The molecule has 3 aromatic rings. The predicted molar refractivity (Wildman–Crippen MR) is 139 cm³/mol. The lowest BCUT2D eigenvalue weighted by atomic mass is 10.1. The van der Waals surface area contributed by atoms with Gasteiger partial charge in [-0.2, -0.15) is 0 Å². The van der Waals surface area contributed by atoms with Gasteiger partial charge < -0.3 is 30.5 Å². The van der Waals surface area contributed by atoms with Crippen LogP contribution >= 0.6 is 0 Å². The highest BCUT2D eigenvalue weighted by molar-refractivity contribution is 6.06. The Balaban J connectivity index is 1.46. The average Bonchev–Trinajstić information content (AvgIpc) is 3.58. The number of carbonyl (C=O) groups excluding carboxylic acids is 1. The van der Waals surface area contributed by atoms with Crippen LogP contribution in [0.2, 0.25) is 0 Å². The van der Waals surface area contributed by atoms with E-state index in [4.69, 9.17) is 0 Å². The third-order valence-corrected chi connectivity index (χ3v) is 7.07. The Morgan fingerprint density at radius 2 is 1.61 bits per heavy atom. The van der Waals surface area contributed by atoms with Gasteiger partial charge in [-0.3, -0.25) is 14.4 Å². The number of aromatic hydroxyl groups is 1. The Kier molecular flexibility index (Phi) is 7.15. The van der Waals surface area contributed by atoms with Gasteiger partial charge in [0.05, 0.1) is 16.3 Å². The maximum atomic E-state index is 13.0. The summed E-state index contributed by atoms with van der Waals surface area (Å²) in [5, 5.41) is 16.9. The number of H-pyrrole nitrogens is 1. The summed E-state index contributed by atoms with van der Waals surface area (Å²) in [6.45, 7) is 7.06. The average molecular weight is 493 g/mol. The van der Waals surface area contributed by atoms with Gasteiger partial charge in [-0.15, -0.1) is 0 Å². The molecule has 3 heterocycles. The topological polar surface area (TPSA) is 131 Å². The summed E-state index contributed by atoms with van der Waals surface area (Å²) in [4.78, 5) is 50.5. The van der Waals surface area contributed by atoms with Crippen molar-refractivity contribution in [3.05, 3.63) is 49.4 Å². The van der Waals surface area contributed by atoms with Crippen molar-refractivity contribution in [1.82, 2.24) is 30.4 Å². The number of nitrogens with one attached hydrogen (secondary N) is 3. The van der Waals surface area contributed by atoms with Crippen LogP contribution in [0.4, 0.5) is 0 Å². The van der Waals surface area contributed by atoms with E-state index in [1.54, 1.807) is 6.20 Å². The number of hydrogen-bond acceptors (Lipinski definition) is 8. The van der Waals surface area contributed by atoms with Crippen molar-refractivity contribution in [2.45, 2.75) is 25.7 Å². The highest BCUT2D eigenvalue weighted by atomic mass is 16.3. The molecule has 36 heavy (non-hydrogen) atoms. The van der Waals surface area contributed by atoms with Crippen LogP contribution in [0.25, 0.3) is 28.3 Å². The molecule has 2 fully saturated rings. The van der Waals surface area contributed by atoms with E-state index < -0.39 is 5.43 Å². The van der Waals surface area contributed by atoms with Crippen molar-refractivity contribution in [2.24, 2.45) is 0 Å². The number of phenols is 1. The van der Waals surface area contributed by atoms with Crippen LogP contribution in [0.5, 0.6) is 5.75 Å². The molecule has 0 aliphatic carbocycles. The van der Waals surface area contributed by atoms with Crippen molar-refractivity contribution in [3.8, 4) is 5.75 Å². The van der Waals surface area contributed by atoms with Crippen LogP contribution in [0, 0.1) is 0 Å². The van der Waals surface area contributed by atoms with Crippen LogP contribution in [-0.4, -0.2) is 83.1 Å². The molecule has 2 aliphatic heterocycles. The van der Waals surface area contributed by atoms with Crippen molar-refractivity contribution >= 4 is 34.2 Å². The van der Waals surface area contributed by atoms with Gasteiger partial charge in [0.25, 0.3) is 5.91 Å². The predicted octanol–water partition coefficient (Wildman–Crippen LogP) is 0.110. The first-order valence-corrected chi connectivity index (χ1v) is 12.7. The molecule has 0 radical (unpaired) electrons. The summed E-state index contributed by atoms with van der Waals surface area (Å²) < 4.78 is 0. The van der Waals surface area contributed by atoms with E-state index in [-0.39, 0.29) is 44.7 Å². The van der Waals surface area contributed by atoms with Crippen LogP contribution in [0.1, 0.15) is 36.0 Å². The number of aromatic nitrogens is 2. The molecule has 5 rings (SSSR count).